The summed E-state index contributed by atoms with van der Waals surface area (Å²) >= 11 is 0. The average Bonchev–Trinajstić information content (AvgIpc) is 2.86. The van der Waals surface area contributed by atoms with Gasteiger partial charge in [0, 0.05) is 0 Å². The average molecular weight is 557 g/mol. The van der Waals surface area contributed by atoms with E-state index in [1.54, 1.807) is 0 Å². The third kappa shape index (κ3) is 13.3. The standard InChI is InChI=1S/C25H49O11P/c1-2-3-4-5-6-7-8-9-10-11-12-13-14-15-16-17-18-34-37(33,25(31)32)36-24(30)22-20(27)19(26)21(28)23(29)35-22/h19-24,26-30H,2-18H2,1H3,(H,31,32)/t19-,20-,21+,22-,23-,24?,37?/m0/s1. The summed E-state index contributed by atoms with van der Waals surface area (Å²) in [5.41, 5.74) is -1.94. The van der Waals surface area contributed by atoms with Crippen LogP contribution in [0.15, 0.2) is 0 Å². The van der Waals surface area contributed by atoms with Crippen molar-refractivity contribution >= 4 is 13.3 Å². The van der Waals surface area contributed by atoms with Gasteiger partial charge in [-0.1, -0.05) is 103 Å². The lowest BCUT2D eigenvalue weighted by Crippen LogP contribution is -2.60. The zero-order valence-corrected chi connectivity index (χ0v) is 23.1. The van der Waals surface area contributed by atoms with E-state index >= 15 is 0 Å². The number of aliphatic hydroxyl groups excluding tert-OH is 5. The van der Waals surface area contributed by atoms with E-state index in [4.69, 9.17) is 9.26 Å². The lowest BCUT2D eigenvalue weighted by molar-refractivity contribution is -0.314. The molecule has 1 aliphatic rings. The maximum absolute atomic E-state index is 12.5. The minimum absolute atomic E-state index is 0.174. The van der Waals surface area contributed by atoms with E-state index in [1.807, 2.05) is 0 Å². The zero-order chi connectivity index (χ0) is 27.7. The molecule has 37 heavy (non-hydrogen) atoms. The van der Waals surface area contributed by atoms with Gasteiger partial charge in [-0.2, -0.15) is 0 Å². The van der Waals surface area contributed by atoms with Gasteiger partial charge < -0.3 is 39.9 Å². The zero-order valence-electron chi connectivity index (χ0n) is 22.2. The van der Waals surface area contributed by atoms with Gasteiger partial charge in [0.25, 0.3) is 0 Å². The minimum atomic E-state index is -4.84. The van der Waals surface area contributed by atoms with Gasteiger partial charge in [0.2, 0.25) is 0 Å². The van der Waals surface area contributed by atoms with E-state index in [9.17, 15) is 40.0 Å². The van der Waals surface area contributed by atoms with Crippen LogP contribution >= 0.6 is 7.60 Å². The van der Waals surface area contributed by atoms with Gasteiger partial charge in [-0.25, -0.2) is 9.36 Å². The summed E-state index contributed by atoms with van der Waals surface area (Å²) < 4.78 is 26.9. The van der Waals surface area contributed by atoms with E-state index in [1.165, 1.54) is 70.6 Å². The molecule has 12 heteroatoms. The molecule has 1 aliphatic heterocycles. The van der Waals surface area contributed by atoms with Crippen molar-refractivity contribution in [2.45, 2.75) is 147 Å². The fourth-order valence-electron chi connectivity index (χ4n) is 4.29. The fraction of sp³-hybridized carbons (Fsp3) is 0.960. The highest BCUT2D eigenvalue weighted by Gasteiger charge is 2.49. The summed E-state index contributed by atoms with van der Waals surface area (Å²) in [4.78, 5) is 11.4. The third-order valence-corrected chi connectivity index (χ3v) is 8.13. The van der Waals surface area contributed by atoms with Gasteiger partial charge in [0.05, 0.1) is 6.61 Å². The summed E-state index contributed by atoms with van der Waals surface area (Å²) in [6, 6.07) is 0. The monoisotopic (exact) mass is 556 g/mol. The van der Waals surface area contributed by atoms with Gasteiger partial charge in [0.1, 0.15) is 24.4 Å². The maximum atomic E-state index is 12.5. The van der Waals surface area contributed by atoms with Crippen LogP contribution in [0.25, 0.3) is 0 Å². The Labute approximate surface area is 220 Å². The van der Waals surface area contributed by atoms with Crippen molar-refractivity contribution in [2.75, 3.05) is 6.61 Å². The third-order valence-electron chi connectivity index (χ3n) is 6.65. The van der Waals surface area contributed by atoms with Crippen molar-refractivity contribution in [1.29, 1.82) is 0 Å². The smallest absolute Gasteiger partial charge is 0.440 e. The molecule has 6 N–H and O–H groups in total. The Hall–Kier alpha value is -0.620. The quantitative estimate of drug-likeness (QED) is 0.0636. The first-order chi connectivity index (χ1) is 17.6. The Morgan fingerprint density at radius 1 is 0.757 bits per heavy atom. The van der Waals surface area contributed by atoms with Crippen LogP contribution in [-0.2, 0) is 18.3 Å². The molecular formula is C25H49O11P. The van der Waals surface area contributed by atoms with Crippen LogP contribution in [0.2, 0.25) is 0 Å². The van der Waals surface area contributed by atoms with E-state index < -0.39 is 50.3 Å². The summed E-state index contributed by atoms with van der Waals surface area (Å²) in [6.07, 6.45) is 6.91. The largest absolute Gasteiger partial charge is 0.472 e. The highest BCUT2D eigenvalue weighted by Crippen LogP contribution is 2.50. The second-order valence-electron chi connectivity index (χ2n) is 9.88. The summed E-state index contributed by atoms with van der Waals surface area (Å²) in [5.74, 6) is 0. The van der Waals surface area contributed by atoms with Gasteiger partial charge >= 0.3 is 13.3 Å². The molecule has 0 spiro atoms. The molecule has 1 saturated heterocycles. The van der Waals surface area contributed by atoms with Gasteiger partial charge in [-0.15, -0.1) is 0 Å². The second-order valence-corrected chi connectivity index (χ2v) is 11.7. The molecule has 7 atom stereocenters. The molecule has 2 unspecified atom stereocenters. The molecule has 0 aromatic heterocycles. The van der Waals surface area contributed by atoms with Crippen molar-refractivity contribution in [3.05, 3.63) is 0 Å². The Balaban J connectivity index is 2.14. The number of unbranched alkanes of at least 4 members (excludes halogenated alkanes) is 15. The van der Waals surface area contributed by atoms with Crippen LogP contribution in [0.3, 0.4) is 0 Å². The van der Waals surface area contributed by atoms with Gasteiger partial charge in [0.15, 0.2) is 12.6 Å². The van der Waals surface area contributed by atoms with Crippen molar-refractivity contribution in [3.8, 4) is 0 Å². The van der Waals surface area contributed by atoms with Crippen LogP contribution in [0.5, 0.6) is 0 Å². The first kappa shape index (κ1) is 34.4. The number of aliphatic hydroxyl groups is 5. The number of hydrogen-bond acceptors (Lipinski definition) is 10. The molecule has 0 bridgehead atoms. The van der Waals surface area contributed by atoms with Crippen LogP contribution in [0.1, 0.15) is 110 Å². The molecule has 1 rings (SSSR count). The van der Waals surface area contributed by atoms with Crippen LogP contribution in [-0.4, -0.2) is 80.0 Å². The second kappa shape index (κ2) is 19.4. The normalized spacial score (nSPS) is 26.6. The van der Waals surface area contributed by atoms with E-state index in [-0.39, 0.29) is 6.61 Å². The van der Waals surface area contributed by atoms with Crippen LogP contribution in [0.4, 0.5) is 4.79 Å². The molecule has 1 fully saturated rings. The van der Waals surface area contributed by atoms with Crippen LogP contribution < -0.4 is 0 Å². The lowest BCUT2D eigenvalue weighted by Gasteiger charge is -2.39. The molecule has 0 amide bonds. The first-order valence-electron chi connectivity index (χ1n) is 13.9. The maximum Gasteiger partial charge on any atom is 0.440 e. The van der Waals surface area contributed by atoms with Crippen molar-refractivity contribution in [2.24, 2.45) is 0 Å². The summed E-state index contributed by atoms with van der Waals surface area (Å²) in [5, 5.41) is 57.9. The Kier molecular flexibility index (Phi) is 18.1. The molecule has 0 aromatic carbocycles. The lowest BCUT2D eigenvalue weighted by atomic mass is 9.99. The molecule has 0 saturated carbocycles. The van der Waals surface area contributed by atoms with E-state index in [2.05, 4.69) is 11.4 Å². The number of hydrogen-bond donors (Lipinski definition) is 6. The topological polar surface area (TPSA) is 183 Å². The van der Waals surface area contributed by atoms with E-state index in [0.29, 0.717) is 6.42 Å². The highest BCUT2D eigenvalue weighted by molar-refractivity contribution is 7.71. The summed E-state index contributed by atoms with van der Waals surface area (Å²) in [6.45, 7) is 2.06. The molecule has 1 heterocycles. The predicted molar refractivity (Wildman–Crippen MR) is 137 cm³/mol. The Bertz CT molecular complexity index is 650. The number of rotatable bonds is 22. The van der Waals surface area contributed by atoms with Crippen molar-refractivity contribution in [1.82, 2.24) is 0 Å². The number of carboxylic acid groups (broad SMARTS) is 1. The number of ether oxygens (including phenoxy) is 1. The Morgan fingerprint density at radius 2 is 1.19 bits per heavy atom. The first-order valence-corrected chi connectivity index (χ1v) is 15.4. The van der Waals surface area contributed by atoms with Gasteiger partial charge in [-0.05, 0) is 6.42 Å². The molecule has 11 nitrogen and oxygen atoms in total. The molecule has 220 valence electrons. The highest BCUT2D eigenvalue weighted by atomic mass is 31.2. The Morgan fingerprint density at radius 3 is 1.62 bits per heavy atom. The van der Waals surface area contributed by atoms with Crippen molar-refractivity contribution < 1.29 is 53.8 Å². The SMILES string of the molecule is CCCCCCCCCCCCCCCCCCOP(=O)(OC(O)[C@H]1O[C@H](O)[C@H](O)[C@@H](O)[C@@H]1O)C(=O)O. The minimum Gasteiger partial charge on any atom is -0.472 e. The van der Waals surface area contributed by atoms with E-state index in [0.717, 1.165) is 25.7 Å². The summed E-state index contributed by atoms with van der Waals surface area (Å²) in [7, 11) is -4.84. The predicted octanol–water partition coefficient (Wildman–Crippen LogP) is 4.27. The number of carbonyl (C=O) groups is 1. The molecular weight excluding hydrogens is 507 g/mol. The molecule has 0 aliphatic carbocycles. The molecule has 0 aromatic rings. The van der Waals surface area contributed by atoms with Crippen molar-refractivity contribution in [3.63, 3.8) is 0 Å². The van der Waals surface area contributed by atoms with Gasteiger partial charge in [-0.3, -0.25) is 4.52 Å². The fourth-order valence-corrected chi connectivity index (χ4v) is 5.33. The molecule has 0 radical (unpaired) electrons. The van der Waals surface area contributed by atoms with Crippen LogP contribution in [0, 0.1) is 0 Å².